The average Bonchev–Trinajstić information content (AvgIpc) is 2.26. The third kappa shape index (κ3) is 4.43. The molecule has 0 N–H and O–H groups in total. The van der Waals surface area contributed by atoms with Gasteiger partial charge in [0, 0.05) is 30.6 Å². The topological polar surface area (TPSA) is 30.0 Å². The van der Waals surface area contributed by atoms with Gasteiger partial charge in [-0.2, -0.15) is 0 Å². The van der Waals surface area contributed by atoms with Crippen LogP contribution in [0.2, 0.25) is 0 Å². The molecule has 0 aromatic carbocycles. The van der Waals surface area contributed by atoms with E-state index in [1.54, 1.807) is 6.20 Å². The quantitative estimate of drug-likeness (QED) is 0.697. The van der Waals surface area contributed by atoms with Gasteiger partial charge in [0.1, 0.15) is 5.78 Å². The molecule has 0 amide bonds. The van der Waals surface area contributed by atoms with Crippen LogP contribution in [0.4, 0.5) is 0 Å². The van der Waals surface area contributed by atoms with E-state index < -0.39 is 0 Å². The molecule has 0 bridgehead atoms. The molecule has 1 heterocycles. The van der Waals surface area contributed by atoms with Crippen molar-refractivity contribution in [3.05, 3.63) is 29.6 Å². The number of ketones is 1. The van der Waals surface area contributed by atoms with Crippen molar-refractivity contribution in [3.8, 4) is 0 Å². The Hall–Kier alpha value is -0.890. The van der Waals surface area contributed by atoms with Gasteiger partial charge in [-0.1, -0.05) is 6.92 Å². The second kappa shape index (κ2) is 6.57. The monoisotopic (exact) mass is 225 g/mol. The molecule has 0 radical (unpaired) electrons. The molecule has 0 spiro atoms. The van der Waals surface area contributed by atoms with E-state index in [-0.39, 0.29) is 5.78 Å². The van der Waals surface area contributed by atoms with Gasteiger partial charge in [-0.05, 0) is 30.5 Å². The molecule has 0 aliphatic carbocycles. The van der Waals surface area contributed by atoms with Crippen LogP contribution >= 0.6 is 11.6 Å². The van der Waals surface area contributed by atoms with E-state index in [0.717, 1.165) is 18.5 Å². The molecule has 0 unspecified atom stereocenters. The lowest BCUT2D eigenvalue weighted by Crippen LogP contribution is -2.04. The smallest absolute Gasteiger partial charge is 0.138 e. The van der Waals surface area contributed by atoms with Crippen LogP contribution in [0.15, 0.2) is 18.3 Å². The number of hydrogen-bond acceptors (Lipinski definition) is 2. The Morgan fingerprint density at radius 3 is 3.00 bits per heavy atom. The van der Waals surface area contributed by atoms with Gasteiger partial charge in [-0.3, -0.25) is 9.78 Å². The molecule has 15 heavy (non-hydrogen) atoms. The van der Waals surface area contributed by atoms with Gasteiger partial charge in [0.25, 0.3) is 0 Å². The van der Waals surface area contributed by atoms with E-state index in [1.807, 2.05) is 12.1 Å². The number of rotatable bonds is 6. The normalized spacial score (nSPS) is 10.3. The summed E-state index contributed by atoms with van der Waals surface area (Å²) in [5.74, 6) is 0.769. The summed E-state index contributed by atoms with van der Waals surface area (Å²) in [6.45, 7) is 2.09. The van der Waals surface area contributed by atoms with E-state index >= 15 is 0 Å². The number of aromatic nitrogens is 1. The molecule has 3 heteroatoms. The van der Waals surface area contributed by atoms with E-state index in [4.69, 9.17) is 11.6 Å². The van der Waals surface area contributed by atoms with Crippen molar-refractivity contribution in [2.45, 2.75) is 32.6 Å². The molecular formula is C12H16ClNO. The first-order chi connectivity index (χ1) is 7.26. The van der Waals surface area contributed by atoms with Crippen LogP contribution in [-0.4, -0.2) is 16.6 Å². The SMILES string of the molecule is CCc1ccnc(CC(=O)CCCCl)c1. The first-order valence-electron chi connectivity index (χ1n) is 5.27. The Balaban J connectivity index is 2.52. The highest BCUT2D eigenvalue weighted by Crippen LogP contribution is 2.05. The minimum Gasteiger partial charge on any atom is -0.299 e. The lowest BCUT2D eigenvalue weighted by molar-refractivity contribution is -0.118. The van der Waals surface area contributed by atoms with Crippen molar-refractivity contribution in [1.82, 2.24) is 4.98 Å². The van der Waals surface area contributed by atoms with Crippen LogP contribution in [0.3, 0.4) is 0 Å². The molecule has 0 saturated heterocycles. The first-order valence-corrected chi connectivity index (χ1v) is 5.81. The summed E-state index contributed by atoms with van der Waals surface area (Å²) in [5.41, 5.74) is 2.10. The second-order valence-corrected chi connectivity index (χ2v) is 3.89. The number of carbonyl (C=O) groups is 1. The average molecular weight is 226 g/mol. The van der Waals surface area contributed by atoms with Gasteiger partial charge in [0.2, 0.25) is 0 Å². The number of hydrogen-bond donors (Lipinski definition) is 0. The fourth-order valence-corrected chi connectivity index (χ4v) is 1.53. The molecule has 0 aliphatic heterocycles. The van der Waals surface area contributed by atoms with Crippen LogP contribution in [0, 0.1) is 0 Å². The number of carbonyl (C=O) groups excluding carboxylic acids is 1. The van der Waals surface area contributed by atoms with Crippen LogP contribution < -0.4 is 0 Å². The van der Waals surface area contributed by atoms with E-state index in [0.29, 0.717) is 18.7 Å². The third-order valence-electron chi connectivity index (χ3n) is 2.26. The summed E-state index contributed by atoms with van der Waals surface area (Å²) in [7, 11) is 0. The predicted molar refractivity (Wildman–Crippen MR) is 62.3 cm³/mol. The highest BCUT2D eigenvalue weighted by Gasteiger charge is 2.04. The van der Waals surface area contributed by atoms with E-state index in [1.165, 1.54) is 5.56 Å². The number of alkyl halides is 1. The van der Waals surface area contributed by atoms with Gasteiger partial charge in [0.05, 0.1) is 0 Å². The minimum absolute atomic E-state index is 0.219. The molecular weight excluding hydrogens is 210 g/mol. The molecule has 2 nitrogen and oxygen atoms in total. The maximum absolute atomic E-state index is 11.5. The largest absolute Gasteiger partial charge is 0.299 e. The van der Waals surface area contributed by atoms with Crippen LogP contribution in [0.25, 0.3) is 0 Å². The Morgan fingerprint density at radius 2 is 2.33 bits per heavy atom. The predicted octanol–water partition coefficient (Wildman–Crippen LogP) is 2.77. The molecule has 0 fully saturated rings. The Kier molecular flexibility index (Phi) is 5.33. The van der Waals surface area contributed by atoms with Gasteiger partial charge in [-0.15, -0.1) is 11.6 Å². The lowest BCUT2D eigenvalue weighted by atomic mass is 10.1. The van der Waals surface area contributed by atoms with Crippen molar-refractivity contribution in [2.24, 2.45) is 0 Å². The highest BCUT2D eigenvalue weighted by atomic mass is 35.5. The fourth-order valence-electron chi connectivity index (χ4n) is 1.40. The summed E-state index contributed by atoms with van der Waals surface area (Å²) in [6, 6.07) is 3.98. The molecule has 1 rings (SSSR count). The molecule has 82 valence electrons. The Bertz CT molecular complexity index is 325. The summed E-state index contributed by atoms with van der Waals surface area (Å²) in [4.78, 5) is 15.7. The van der Waals surface area contributed by atoms with Crippen molar-refractivity contribution < 1.29 is 4.79 Å². The highest BCUT2D eigenvalue weighted by molar-refractivity contribution is 6.17. The zero-order valence-electron chi connectivity index (χ0n) is 9.00. The maximum Gasteiger partial charge on any atom is 0.138 e. The standard InChI is InChI=1S/C12H16ClNO/c1-2-10-5-7-14-11(8-10)9-12(15)4-3-6-13/h5,7-8H,2-4,6,9H2,1H3. The van der Waals surface area contributed by atoms with Gasteiger partial charge >= 0.3 is 0 Å². The first kappa shape index (κ1) is 12.2. The van der Waals surface area contributed by atoms with Crippen molar-refractivity contribution in [3.63, 3.8) is 0 Å². The van der Waals surface area contributed by atoms with Gasteiger partial charge in [0.15, 0.2) is 0 Å². The zero-order chi connectivity index (χ0) is 11.1. The summed E-state index contributed by atoms with van der Waals surface area (Å²) < 4.78 is 0. The molecule has 0 aliphatic rings. The van der Waals surface area contributed by atoms with Gasteiger partial charge < -0.3 is 0 Å². The lowest BCUT2D eigenvalue weighted by Gasteiger charge is -2.01. The number of Topliss-reactive ketones (excluding diaryl/α,β-unsaturated/α-hetero) is 1. The van der Waals surface area contributed by atoms with Crippen LogP contribution in [-0.2, 0) is 17.6 Å². The van der Waals surface area contributed by atoms with E-state index in [9.17, 15) is 4.79 Å². The maximum atomic E-state index is 11.5. The van der Waals surface area contributed by atoms with Crippen molar-refractivity contribution in [2.75, 3.05) is 5.88 Å². The minimum atomic E-state index is 0.219. The number of aryl methyl sites for hydroxylation is 1. The Labute approximate surface area is 95.7 Å². The molecule has 1 aromatic heterocycles. The van der Waals surface area contributed by atoms with Crippen LogP contribution in [0.1, 0.15) is 31.0 Å². The Morgan fingerprint density at radius 1 is 1.53 bits per heavy atom. The molecule has 0 atom stereocenters. The van der Waals surface area contributed by atoms with Gasteiger partial charge in [-0.25, -0.2) is 0 Å². The molecule has 1 aromatic rings. The number of pyridine rings is 1. The van der Waals surface area contributed by atoms with Crippen molar-refractivity contribution in [1.29, 1.82) is 0 Å². The number of halogens is 1. The number of nitrogens with zero attached hydrogens (tertiary/aromatic N) is 1. The summed E-state index contributed by atoms with van der Waals surface area (Å²) in [6.07, 6.45) is 4.49. The van der Waals surface area contributed by atoms with Crippen LogP contribution in [0.5, 0.6) is 0 Å². The summed E-state index contributed by atoms with van der Waals surface area (Å²) >= 11 is 5.53. The third-order valence-corrected chi connectivity index (χ3v) is 2.52. The summed E-state index contributed by atoms with van der Waals surface area (Å²) in [5, 5.41) is 0. The van der Waals surface area contributed by atoms with Crippen molar-refractivity contribution >= 4 is 17.4 Å². The molecule has 0 saturated carbocycles. The zero-order valence-corrected chi connectivity index (χ0v) is 9.76. The fraction of sp³-hybridized carbons (Fsp3) is 0.500. The van der Waals surface area contributed by atoms with E-state index in [2.05, 4.69) is 11.9 Å². The second-order valence-electron chi connectivity index (χ2n) is 3.52.